The Kier molecular flexibility index (Phi) is 12.2. The third-order valence-corrected chi connectivity index (χ3v) is 17.5. The molecule has 6 N–H and O–H groups in total. The van der Waals surface area contributed by atoms with E-state index >= 15 is 0 Å². The van der Waals surface area contributed by atoms with Crippen molar-refractivity contribution in [2.45, 2.75) is 176 Å². The first-order valence-corrected chi connectivity index (χ1v) is 21.6. The van der Waals surface area contributed by atoms with Crippen molar-refractivity contribution in [3.8, 4) is 0 Å². The topological polar surface area (TPSA) is 192 Å². The number of aliphatic hydroxyl groups is 6. The molecule has 1 saturated heterocycles. The molecule has 5 aliphatic carbocycles. The maximum atomic E-state index is 13.1. The number of hydrogen-bond acceptors (Lipinski definition) is 12. The maximum absolute atomic E-state index is 13.1. The van der Waals surface area contributed by atoms with E-state index in [9.17, 15) is 40.2 Å². The van der Waals surface area contributed by atoms with Gasteiger partial charge in [0.25, 0.3) is 0 Å². The average molecular weight is 817 g/mol. The molecule has 6 rings (SSSR count). The van der Waals surface area contributed by atoms with E-state index in [0.717, 1.165) is 31.3 Å². The van der Waals surface area contributed by atoms with E-state index in [0.29, 0.717) is 24.8 Å². The van der Waals surface area contributed by atoms with E-state index in [4.69, 9.17) is 18.9 Å². The maximum Gasteiger partial charge on any atom is 0.333 e. The van der Waals surface area contributed by atoms with Crippen molar-refractivity contribution in [1.82, 2.24) is 0 Å². The lowest BCUT2D eigenvalue weighted by Crippen LogP contribution is -2.72. The molecule has 0 aromatic rings. The second kappa shape index (κ2) is 15.6. The van der Waals surface area contributed by atoms with Crippen LogP contribution in [0.4, 0.5) is 0 Å². The fraction of sp³-hybridized carbons (Fsp3) is 0.826. The number of esters is 2. The molecule has 328 valence electrons. The van der Waals surface area contributed by atoms with Crippen molar-refractivity contribution >= 4 is 11.9 Å². The Morgan fingerprint density at radius 1 is 0.828 bits per heavy atom. The highest BCUT2D eigenvalue weighted by Gasteiger charge is 2.73. The minimum absolute atomic E-state index is 0.0694. The Bertz CT molecular complexity index is 1690. The lowest BCUT2D eigenvalue weighted by Gasteiger charge is -2.72. The second-order valence-electron chi connectivity index (χ2n) is 20.6. The summed E-state index contributed by atoms with van der Waals surface area (Å²) >= 11 is 0. The van der Waals surface area contributed by atoms with Crippen molar-refractivity contribution in [2.24, 2.45) is 50.2 Å². The second-order valence-corrected chi connectivity index (χ2v) is 20.6. The Balaban J connectivity index is 1.33. The van der Waals surface area contributed by atoms with Crippen LogP contribution < -0.4 is 0 Å². The lowest BCUT2D eigenvalue weighted by atomic mass is 9.33. The number of carbonyl (C=O) groups is 2. The van der Waals surface area contributed by atoms with E-state index in [1.165, 1.54) is 0 Å². The van der Waals surface area contributed by atoms with E-state index in [1.54, 1.807) is 46.8 Å². The largest absolute Gasteiger partial charge is 0.452 e. The number of allylic oxidation sites excluding steroid dienone is 4. The van der Waals surface area contributed by atoms with E-state index in [2.05, 4.69) is 26.8 Å². The van der Waals surface area contributed by atoms with Crippen LogP contribution in [0.2, 0.25) is 0 Å². The molecule has 1 aliphatic heterocycles. The molecule has 0 unspecified atom stereocenters. The highest BCUT2D eigenvalue weighted by atomic mass is 16.7. The van der Waals surface area contributed by atoms with Crippen LogP contribution in [0.25, 0.3) is 0 Å². The van der Waals surface area contributed by atoms with Gasteiger partial charge in [0.05, 0.1) is 49.1 Å². The number of fused-ring (bicyclic) bond motifs is 7. The number of ether oxygens (including phenoxy) is 4. The lowest BCUT2D eigenvalue weighted by molar-refractivity contribution is -0.342. The van der Waals surface area contributed by atoms with Gasteiger partial charge in [0.1, 0.15) is 6.10 Å². The number of hydrogen-bond donors (Lipinski definition) is 6. The predicted molar refractivity (Wildman–Crippen MR) is 216 cm³/mol. The predicted octanol–water partition coefficient (Wildman–Crippen LogP) is 4.91. The molecular formula is C46H72O12. The minimum atomic E-state index is -1.64. The molecule has 5 fully saturated rings. The van der Waals surface area contributed by atoms with Crippen LogP contribution in [0.15, 0.2) is 34.9 Å². The highest BCUT2D eigenvalue weighted by Crippen LogP contribution is 2.75. The van der Waals surface area contributed by atoms with Crippen LogP contribution in [-0.2, 0) is 28.5 Å². The van der Waals surface area contributed by atoms with Crippen LogP contribution in [0, 0.1) is 50.2 Å². The van der Waals surface area contributed by atoms with Gasteiger partial charge in [-0.25, -0.2) is 9.59 Å². The number of aliphatic hydroxyl groups excluding tert-OH is 6. The molecule has 1 heterocycles. The first-order chi connectivity index (χ1) is 27.0. The summed E-state index contributed by atoms with van der Waals surface area (Å²) in [5.74, 6) is -1.40. The molecule has 17 atom stereocenters. The standard InChI is InChI=1S/C46H72O12/c1-12-24(3)38(53)56-34-26(5)55-40(33(51)35(34)57-39(54)25(4)13-2)58-37-36(52)46(23-48)28(20-41(37,6)7)27-14-15-30-42(8)18-17-31(49)43(9,22-47)29(42)16-19-44(30,10)45(27,11)21-32(46)50/h12-14,26,28-37,40,47-52H,15-23H2,1-11H3/b24-12+,25-13+/t26-,28-,29-,30-,31+,32-,33-,34-,35-,36+,37+,40+,42+,43-,44-,45-,46+/m1/s1. The third kappa shape index (κ3) is 6.52. The molecule has 0 radical (unpaired) electrons. The van der Waals surface area contributed by atoms with Crippen LogP contribution >= 0.6 is 0 Å². The van der Waals surface area contributed by atoms with Crippen LogP contribution in [0.1, 0.15) is 121 Å². The van der Waals surface area contributed by atoms with Crippen molar-refractivity contribution < 1.29 is 59.2 Å². The molecule has 4 saturated carbocycles. The quantitative estimate of drug-likeness (QED) is 0.0841. The Morgan fingerprint density at radius 3 is 2.00 bits per heavy atom. The Morgan fingerprint density at radius 2 is 1.43 bits per heavy atom. The van der Waals surface area contributed by atoms with Gasteiger partial charge in [0.2, 0.25) is 0 Å². The zero-order valence-corrected chi connectivity index (χ0v) is 36.7. The van der Waals surface area contributed by atoms with Gasteiger partial charge in [-0.2, -0.15) is 0 Å². The summed E-state index contributed by atoms with van der Waals surface area (Å²) in [7, 11) is 0. The van der Waals surface area contributed by atoms with Gasteiger partial charge in [-0.1, -0.05) is 65.3 Å². The van der Waals surface area contributed by atoms with Crippen molar-refractivity contribution in [1.29, 1.82) is 0 Å². The van der Waals surface area contributed by atoms with Gasteiger partial charge in [0.15, 0.2) is 18.5 Å². The van der Waals surface area contributed by atoms with Gasteiger partial charge >= 0.3 is 11.9 Å². The van der Waals surface area contributed by atoms with Crippen LogP contribution in [0.3, 0.4) is 0 Å². The number of rotatable bonds is 8. The van der Waals surface area contributed by atoms with Gasteiger partial charge in [-0.3, -0.25) is 0 Å². The Hall–Kier alpha value is -2.16. The van der Waals surface area contributed by atoms with Crippen LogP contribution in [0.5, 0.6) is 0 Å². The molecule has 58 heavy (non-hydrogen) atoms. The molecule has 6 aliphatic rings. The molecule has 0 bridgehead atoms. The van der Waals surface area contributed by atoms with Crippen molar-refractivity contribution in [3.05, 3.63) is 34.9 Å². The van der Waals surface area contributed by atoms with E-state index in [1.807, 2.05) is 20.8 Å². The van der Waals surface area contributed by atoms with Crippen molar-refractivity contribution in [2.75, 3.05) is 13.2 Å². The van der Waals surface area contributed by atoms with Gasteiger partial charge in [-0.15, -0.1) is 0 Å². The minimum Gasteiger partial charge on any atom is -0.452 e. The van der Waals surface area contributed by atoms with Gasteiger partial charge < -0.3 is 49.6 Å². The summed E-state index contributed by atoms with van der Waals surface area (Å²) in [5, 5.41) is 70.2. The molecule has 0 aromatic heterocycles. The molecular weight excluding hydrogens is 744 g/mol. The summed E-state index contributed by atoms with van der Waals surface area (Å²) in [6, 6.07) is 0. The molecule has 0 spiro atoms. The summed E-state index contributed by atoms with van der Waals surface area (Å²) in [6.45, 7) is 20.5. The first-order valence-electron chi connectivity index (χ1n) is 21.6. The zero-order valence-electron chi connectivity index (χ0n) is 36.7. The monoisotopic (exact) mass is 817 g/mol. The van der Waals surface area contributed by atoms with Crippen molar-refractivity contribution in [3.63, 3.8) is 0 Å². The zero-order chi connectivity index (χ0) is 43.1. The van der Waals surface area contributed by atoms with Gasteiger partial charge in [-0.05, 0) is 119 Å². The molecule has 12 nitrogen and oxygen atoms in total. The van der Waals surface area contributed by atoms with Crippen LogP contribution in [-0.4, -0.2) is 111 Å². The fourth-order valence-electron chi connectivity index (χ4n) is 13.4. The molecule has 0 amide bonds. The summed E-state index contributed by atoms with van der Waals surface area (Å²) in [4.78, 5) is 26.0. The molecule has 0 aromatic carbocycles. The normalized spacial score (nSPS) is 49.0. The highest BCUT2D eigenvalue weighted by molar-refractivity contribution is 5.88. The SMILES string of the molecule is C/C=C(\C)C(=O)O[C@@H]1[C@@H](O)[C@H](O[C@H]2[C@H](O)[C@]3(CO)[C@H](O)C[C@]4(C)C(=CC[C@@H]5[C@@]6(C)CC[C@H](O)[C@](C)(CO)[C@@H]6CC[C@]54C)[C@H]3CC2(C)C)O[C@H](C)[C@H]1OC(=O)/C(C)=C/C. The Labute approximate surface area is 345 Å². The summed E-state index contributed by atoms with van der Waals surface area (Å²) in [6.07, 6.45) is -0.461. The first kappa shape index (κ1) is 45.4. The third-order valence-electron chi connectivity index (χ3n) is 17.5. The summed E-state index contributed by atoms with van der Waals surface area (Å²) < 4.78 is 24.3. The van der Waals surface area contributed by atoms with E-state index < -0.39 is 101 Å². The summed E-state index contributed by atoms with van der Waals surface area (Å²) in [5.41, 5.74) is -1.88. The number of carbonyl (C=O) groups excluding carboxylic acids is 2. The van der Waals surface area contributed by atoms with E-state index in [-0.39, 0.29) is 34.8 Å². The fourth-order valence-corrected chi connectivity index (χ4v) is 13.4. The molecule has 12 heteroatoms. The average Bonchev–Trinajstić information content (AvgIpc) is 3.17. The van der Waals surface area contributed by atoms with Gasteiger partial charge in [0, 0.05) is 16.6 Å². The smallest absolute Gasteiger partial charge is 0.333 e.